The van der Waals surface area contributed by atoms with Crippen LogP contribution in [0, 0.1) is 6.92 Å². The lowest BCUT2D eigenvalue weighted by Crippen LogP contribution is -2.31. The van der Waals surface area contributed by atoms with Crippen LogP contribution < -0.4 is 5.73 Å². The predicted molar refractivity (Wildman–Crippen MR) is 62.7 cm³/mol. The molecule has 2 heteroatoms. The molecule has 0 aromatic heterocycles. The molecule has 2 N–H and O–H groups in total. The van der Waals surface area contributed by atoms with Gasteiger partial charge in [-0.2, -0.15) is 0 Å². The van der Waals surface area contributed by atoms with E-state index in [2.05, 4.69) is 6.58 Å². The van der Waals surface area contributed by atoms with Crippen LogP contribution in [-0.4, -0.2) is 11.8 Å². The Labute approximate surface area is 90.8 Å². The van der Waals surface area contributed by atoms with Crippen LogP contribution in [0.1, 0.15) is 17.5 Å². The predicted octanol–water partition coefficient (Wildman–Crippen LogP) is 2.01. The van der Waals surface area contributed by atoms with E-state index in [1.807, 2.05) is 31.2 Å². The highest BCUT2D eigenvalue weighted by Crippen LogP contribution is 2.06. The molecule has 1 aromatic carbocycles. The Bertz CT molecular complexity index is 340. The monoisotopic (exact) mass is 203 g/mol. The van der Waals surface area contributed by atoms with Crippen molar-refractivity contribution < 1.29 is 4.79 Å². The number of rotatable bonds is 5. The maximum Gasteiger partial charge on any atom is 0.154 e. The van der Waals surface area contributed by atoms with Crippen molar-refractivity contribution in [2.75, 3.05) is 0 Å². The first-order valence-corrected chi connectivity index (χ1v) is 5.08. The Kier molecular flexibility index (Phi) is 4.25. The van der Waals surface area contributed by atoms with Gasteiger partial charge in [-0.15, -0.1) is 6.58 Å². The minimum atomic E-state index is -0.413. The van der Waals surface area contributed by atoms with Gasteiger partial charge in [-0.25, -0.2) is 0 Å². The highest BCUT2D eigenvalue weighted by molar-refractivity contribution is 5.86. The number of benzene rings is 1. The third-order valence-electron chi connectivity index (χ3n) is 2.33. The zero-order valence-electron chi connectivity index (χ0n) is 9.07. The lowest BCUT2D eigenvalue weighted by molar-refractivity contribution is -0.119. The van der Waals surface area contributed by atoms with Crippen LogP contribution in [0.2, 0.25) is 0 Å². The summed E-state index contributed by atoms with van der Waals surface area (Å²) in [5.74, 6) is 0.0683. The van der Waals surface area contributed by atoms with Crippen molar-refractivity contribution in [1.29, 1.82) is 0 Å². The fourth-order valence-electron chi connectivity index (χ4n) is 1.35. The summed E-state index contributed by atoms with van der Waals surface area (Å²) in [5, 5.41) is 0. The number of aryl methyl sites for hydroxylation is 1. The van der Waals surface area contributed by atoms with Crippen molar-refractivity contribution in [2.45, 2.75) is 25.8 Å². The number of carbonyl (C=O) groups excluding carboxylic acids is 1. The smallest absolute Gasteiger partial charge is 0.154 e. The van der Waals surface area contributed by atoms with Gasteiger partial charge in [-0.1, -0.05) is 35.9 Å². The van der Waals surface area contributed by atoms with Crippen molar-refractivity contribution in [3.63, 3.8) is 0 Å². The van der Waals surface area contributed by atoms with Gasteiger partial charge in [0.1, 0.15) is 0 Å². The molecule has 1 aromatic rings. The van der Waals surface area contributed by atoms with E-state index in [1.165, 1.54) is 5.56 Å². The van der Waals surface area contributed by atoms with Gasteiger partial charge in [0.05, 0.1) is 6.04 Å². The maximum absolute atomic E-state index is 11.6. The maximum atomic E-state index is 11.6. The molecule has 1 rings (SSSR count). The van der Waals surface area contributed by atoms with Gasteiger partial charge in [0.2, 0.25) is 0 Å². The highest BCUT2D eigenvalue weighted by Gasteiger charge is 2.11. The van der Waals surface area contributed by atoms with Crippen LogP contribution in [0.25, 0.3) is 0 Å². The molecule has 0 fully saturated rings. The molecule has 0 bridgehead atoms. The number of carbonyl (C=O) groups is 1. The molecule has 1 atom stereocenters. The summed E-state index contributed by atoms with van der Waals surface area (Å²) < 4.78 is 0. The first kappa shape index (κ1) is 11.7. The van der Waals surface area contributed by atoms with E-state index in [1.54, 1.807) is 6.08 Å². The summed E-state index contributed by atoms with van der Waals surface area (Å²) in [5.41, 5.74) is 7.90. The van der Waals surface area contributed by atoms with Crippen LogP contribution in [0.4, 0.5) is 0 Å². The zero-order valence-corrected chi connectivity index (χ0v) is 9.07. The van der Waals surface area contributed by atoms with Crippen LogP contribution in [0.3, 0.4) is 0 Å². The molecule has 15 heavy (non-hydrogen) atoms. The molecule has 0 heterocycles. The third kappa shape index (κ3) is 3.68. The van der Waals surface area contributed by atoms with E-state index >= 15 is 0 Å². The fourth-order valence-corrected chi connectivity index (χ4v) is 1.35. The van der Waals surface area contributed by atoms with Gasteiger partial charge >= 0.3 is 0 Å². The minimum Gasteiger partial charge on any atom is -0.321 e. The van der Waals surface area contributed by atoms with E-state index in [0.717, 1.165) is 5.56 Å². The van der Waals surface area contributed by atoms with Crippen molar-refractivity contribution in [2.24, 2.45) is 5.73 Å². The van der Waals surface area contributed by atoms with Crippen LogP contribution >= 0.6 is 0 Å². The van der Waals surface area contributed by atoms with E-state index < -0.39 is 6.04 Å². The molecule has 0 saturated heterocycles. The van der Waals surface area contributed by atoms with Gasteiger partial charge in [0.15, 0.2) is 5.78 Å². The number of nitrogens with two attached hydrogens (primary N) is 1. The van der Waals surface area contributed by atoms with E-state index in [4.69, 9.17) is 5.73 Å². The Balaban J connectivity index is 2.58. The van der Waals surface area contributed by atoms with E-state index in [0.29, 0.717) is 12.8 Å². The Morgan fingerprint density at radius 2 is 2.07 bits per heavy atom. The second-order valence-corrected chi connectivity index (χ2v) is 3.76. The summed E-state index contributed by atoms with van der Waals surface area (Å²) in [7, 11) is 0. The molecule has 2 nitrogen and oxygen atoms in total. The second kappa shape index (κ2) is 5.47. The van der Waals surface area contributed by atoms with Crippen molar-refractivity contribution in [1.82, 2.24) is 0 Å². The topological polar surface area (TPSA) is 43.1 Å². The number of hydrogen-bond donors (Lipinski definition) is 1. The average Bonchev–Trinajstić information content (AvgIpc) is 2.22. The molecule has 0 saturated carbocycles. The van der Waals surface area contributed by atoms with Crippen molar-refractivity contribution in [3.8, 4) is 0 Å². The minimum absolute atomic E-state index is 0.0683. The van der Waals surface area contributed by atoms with Gasteiger partial charge in [0, 0.05) is 6.42 Å². The Morgan fingerprint density at radius 3 is 2.60 bits per heavy atom. The normalized spacial score (nSPS) is 12.1. The average molecular weight is 203 g/mol. The molecule has 0 amide bonds. The van der Waals surface area contributed by atoms with Gasteiger partial charge in [-0.05, 0) is 18.9 Å². The molecular weight excluding hydrogens is 186 g/mol. The van der Waals surface area contributed by atoms with Gasteiger partial charge in [-0.3, -0.25) is 4.79 Å². The largest absolute Gasteiger partial charge is 0.321 e. The number of ketones is 1. The van der Waals surface area contributed by atoms with Crippen LogP contribution in [-0.2, 0) is 11.2 Å². The van der Waals surface area contributed by atoms with Gasteiger partial charge < -0.3 is 5.73 Å². The molecule has 0 aliphatic rings. The van der Waals surface area contributed by atoms with E-state index in [9.17, 15) is 4.79 Å². The summed E-state index contributed by atoms with van der Waals surface area (Å²) in [4.78, 5) is 11.6. The van der Waals surface area contributed by atoms with Crippen molar-refractivity contribution in [3.05, 3.63) is 48.0 Å². The zero-order chi connectivity index (χ0) is 11.3. The lowest BCUT2D eigenvalue weighted by Gasteiger charge is -2.07. The van der Waals surface area contributed by atoms with Crippen molar-refractivity contribution >= 4 is 5.78 Å². The first-order chi connectivity index (χ1) is 7.13. The molecule has 0 radical (unpaired) electrons. The molecule has 1 unspecified atom stereocenters. The molecule has 0 aliphatic heterocycles. The van der Waals surface area contributed by atoms with Crippen LogP contribution in [0.15, 0.2) is 36.9 Å². The summed E-state index contributed by atoms with van der Waals surface area (Å²) in [6.07, 6.45) is 2.64. The Morgan fingerprint density at radius 1 is 1.47 bits per heavy atom. The quantitative estimate of drug-likeness (QED) is 0.744. The SMILES string of the molecule is C=CCC(N)C(=O)Cc1ccc(C)cc1. The molecular formula is C13H17NO. The Hall–Kier alpha value is -1.41. The van der Waals surface area contributed by atoms with E-state index in [-0.39, 0.29) is 5.78 Å². The lowest BCUT2D eigenvalue weighted by atomic mass is 10.0. The number of hydrogen-bond acceptors (Lipinski definition) is 2. The third-order valence-corrected chi connectivity index (χ3v) is 2.33. The summed E-state index contributed by atoms with van der Waals surface area (Å²) >= 11 is 0. The van der Waals surface area contributed by atoms with Gasteiger partial charge in [0.25, 0.3) is 0 Å². The number of Topliss-reactive ketones (excluding diaryl/α,β-unsaturated/α-hetero) is 1. The fraction of sp³-hybridized carbons (Fsp3) is 0.308. The summed E-state index contributed by atoms with van der Waals surface area (Å²) in [6, 6.07) is 7.52. The van der Waals surface area contributed by atoms with Crippen LogP contribution in [0.5, 0.6) is 0 Å². The first-order valence-electron chi connectivity index (χ1n) is 5.08. The standard InChI is InChI=1S/C13H17NO/c1-3-4-12(14)13(15)9-11-7-5-10(2)6-8-11/h3,5-8,12H,1,4,9,14H2,2H3. The molecule has 80 valence electrons. The molecule has 0 aliphatic carbocycles. The second-order valence-electron chi connectivity index (χ2n) is 3.76. The molecule has 0 spiro atoms. The summed E-state index contributed by atoms with van der Waals surface area (Å²) in [6.45, 7) is 5.59. The highest BCUT2D eigenvalue weighted by atomic mass is 16.1.